The van der Waals surface area contributed by atoms with Crippen LogP contribution in [0.3, 0.4) is 0 Å². The Morgan fingerprint density at radius 1 is 1.47 bits per heavy atom. The summed E-state index contributed by atoms with van der Waals surface area (Å²) in [7, 11) is 0. The van der Waals surface area contributed by atoms with Crippen molar-refractivity contribution in [2.75, 3.05) is 23.9 Å². The van der Waals surface area contributed by atoms with Crippen molar-refractivity contribution in [3.63, 3.8) is 0 Å². The van der Waals surface area contributed by atoms with E-state index in [1.165, 1.54) is 0 Å². The van der Waals surface area contributed by atoms with E-state index in [0.29, 0.717) is 5.88 Å². The van der Waals surface area contributed by atoms with Gasteiger partial charge in [-0.2, -0.15) is 5.10 Å². The summed E-state index contributed by atoms with van der Waals surface area (Å²) in [6.07, 6.45) is 1.13. The molecule has 2 rings (SSSR count). The standard InChI is InChI=1S/C11H16ClN3/c1-9-3-4-10(14-13-9)15-6-5-11(2,7-12)8-15/h3-4H,5-8H2,1-2H3. The van der Waals surface area contributed by atoms with Crippen LogP contribution in [0.2, 0.25) is 0 Å². The number of aryl methyl sites for hydroxylation is 1. The van der Waals surface area contributed by atoms with E-state index in [1.54, 1.807) is 0 Å². The van der Waals surface area contributed by atoms with E-state index in [0.717, 1.165) is 31.0 Å². The molecule has 1 aromatic rings. The molecule has 0 amide bonds. The number of anilines is 1. The number of rotatable bonds is 2. The minimum Gasteiger partial charge on any atom is -0.355 e. The maximum absolute atomic E-state index is 5.96. The van der Waals surface area contributed by atoms with Crippen LogP contribution < -0.4 is 4.90 Å². The minimum atomic E-state index is 0.230. The first-order chi connectivity index (χ1) is 7.13. The highest BCUT2D eigenvalue weighted by Gasteiger charge is 2.33. The van der Waals surface area contributed by atoms with Gasteiger partial charge >= 0.3 is 0 Å². The van der Waals surface area contributed by atoms with Crippen LogP contribution in [0.25, 0.3) is 0 Å². The zero-order chi connectivity index (χ0) is 10.9. The summed E-state index contributed by atoms with van der Waals surface area (Å²) in [5.41, 5.74) is 1.19. The number of hydrogen-bond donors (Lipinski definition) is 0. The lowest BCUT2D eigenvalue weighted by molar-refractivity contribution is 0.425. The van der Waals surface area contributed by atoms with Crippen LogP contribution in [0.15, 0.2) is 12.1 Å². The average Bonchev–Trinajstić information content (AvgIpc) is 2.63. The number of halogens is 1. The molecule has 4 heteroatoms. The van der Waals surface area contributed by atoms with Gasteiger partial charge < -0.3 is 4.90 Å². The lowest BCUT2D eigenvalue weighted by Gasteiger charge is -2.21. The van der Waals surface area contributed by atoms with E-state index in [1.807, 2.05) is 19.1 Å². The summed E-state index contributed by atoms with van der Waals surface area (Å²) in [5, 5.41) is 8.27. The summed E-state index contributed by atoms with van der Waals surface area (Å²) >= 11 is 5.96. The fourth-order valence-corrected chi connectivity index (χ4v) is 2.11. The molecule has 0 spiro atoms. The van der Waals surface area contributed by atoms with Gasteiger partial charge in [-0.25, -0.2) is 0 Å². The van der Waals surface area contributed by atoms with Crippen molar-refractivity contribution < 1.29 is 0 Å². The Kier molecular flexibility index (Phi) is 2.83. The van der Waals surface area contributed by atoms with Crippen molar-refractivity contribution in [2.45, 2.75) is 20.3 Å². The fraction of sp³-hybridized carbons (Fsp3) is 0.636. The minimum absolute atomic E-state index is 0.230. The van der Waals surface area contributed by atoms with Gasteiger partial charge in [0, 0.05) is 24.4 Å². The zero-order valence-corrected chi connectivity index (χ0v) is 9.96. The molecule has 1 atom stereocenters. The third kappa shape index (κ3) is 2.23. The fourth-order valence-electron chi connectivity index (χ4n) is 1.89. The first kappa shape index (κ1) is 10.7. The molecule has 2 heterocycles. The van der Waals surface area contributed by atoms with E-state index in [4.69, 9.17) is 11.6 Å². The summed E-state index contributed by atoms with van der Waals surface area (Å²) in [5.74, 6) is 1.68. The van der Waals surface area contributed by atoms with E-state index >= 15 is 0 Å². The van der Waals surface area contributed by atoms with Crippen LogP contribution in [0.4, 0.5) is 5.82 Å². The topological polar surface area (TPSA) is 29.0 Å². The van der Waals surface area contributed by atoms with Gasteiger partial charge in [0.25, 0.3) is 0 Å². The molecule has 1 aliphatic heterocycles. The molecule has 1 aliphatic rings. The highest BCUT2D eigenvalue weighted by atomic mass is 35.5. The van der Waals surface area contributed by atoms with Crippen molar-refractivity contribution in [2.24, 2.45) is 5.41 Å². The highest BCUT2D eigenvalue weighted by Crippen LogP contribution is 2.32. The summed E-state index contributed by atoms with van der Waals surface area (Å²) in [6.45, 7) is 6.18. The van der Waals surface area contributed by atoms with Gasteiger partial charge in [0.1, 0.15) is 0 Å². The van der Waals surface area contributed by atoms with Gasteiger partial charge in [-0.3, -0.25) is 0 Å². The Morgan fingerprint density at radius 3 is 2.80 bits per heavy atom. The van der Waals surface area contributed by atoms with Crippen molar-refractivity contribution in [3.8, 4) is 0 Å². The lowest BCUT2D eigenvalue weighted by atomic mass is 9.93. The number of aromatic nitrogens is 2. The van der Waals surface area contributed by atoms with Crippen LogP contribution in [0.5, 0.6) is 0 Å². The summed E-state index contributed by atoms with van der Waals surface area (Å²) in [6, 6.07) is 4.03. The van der Waals surface area contributed by atoms with E-state index in [-0.39, 0.29) is 5.41 Å². The van der Waals surface area contributed by atoms with E-state index < -0.39 is 0 Å². The molecule has 0 aliphatic carbocycles. The first-order valence-corrected chi connectivity index (χ1v) is 5.78. The van der Waals surface area contributed by atoms with Gasteiger partial charge in [-0.05, 0) is 25.5 Å². The van der Waals surface area contributed by atoms with Crippen LogP contribution >= 0.6 is 11.6 Å². The summed E-state index contributed by atoms with van der Waals surface area (Å²) < 4.78 is 0. The second kappa shape index (κ2) is 3.97. The molecule has 1 saturated heterocycles. The molecule has 82 valence electrons. The Morgan fingerprint density at radius 2 is 2.27 bits per heavy atom. The molecule has 1 aromatic heterocycles. The van der Waals surface area contributed by atoms with Crippen molar-refractivity contribution in [1.29, 1.82) is 0 Å². The van der Waals surface area contributed by atoms with Crippen LogP contribution in [0, 0.1) is 12.3 Å². The molecule has 0 aromatic carbocycles. The highest BCUT2D eigenvalue weighted by molar-refractivity contribution is 6.18. The molecule has 0 saturated carbocycles. The predicted molar refractivity (Wildman–Crippen MR) is 62.4 cm³/mol. The average molecular weight is 226 g/mol. The van der Waals surface area contributed by atoms with E-state index in [9.17, 15) is 0 Å². The van der Waals surface area contributed by atoms with Crippen molar-refractivity contribution in [3.05, 3.63) is 17.8 Å². The van der Waals surface area contributed by atoms with Gasteiger partial charge in [0.15, 0.2) is 5.82 Å². The first-order valence-electron chi connectivity index (χ1n) is 5.24. The Hall–Kier alpha value is -0.830. The van der Waals surface area contributed by atoms with Gasteiger partial charge in [-0.1, -0.05) is 6.92 Å². The SMILES string of the molecule is Cc1ccc(N2CCC(C)(CCl)C2)nn1. The number of nitrogens with zero attached hydrogens (tertiary/aromatic N) is 3. The smallest absolute Gasteiger partial charge is 0.151 e. The third-order valence-corrected chi connectivity index (χ3v) is 3.63. The van der Waals surface area contributed by atoms with Crippen LogP contribution in [-0.2, 0) is 0 Å². The third-order valence-electron chi connectivity index (χ3n) is 2.99. The Bertz CT molecular complexity index is 338. The maximum atomic E-state index is 5.96. The monoisotopic (exact) mass is 225 g/mol. The maximum Gasteiger partial charge on any atom is 0.151 e. The molecule has 0 bridgehead atoms. The second-order valence-corrected chi connectivity index (χ2v) is 4.92. The zero-order valence-electron chi connectivity index (χ0n) is 9.20. The Balaban J connectivity index is 2.11. The number of alkyl halides is 1. The quantitative estimate of drug-likeness (QED) is 0.723. The van der Waals surface area contributed by atoms with Gasteiger partial charge in [0.2, 0.25) is 0 Å². The largest absolute Gasteiger partial charge is 0.355 e. The predicted octanol–water partition coefficient (Wildman–Crippen LogP) is 2.24. The normalized spacial score (nSPS) is 25.9. The molecule has 0 N–H and O–H groups in total. The Labute approximate surface area is 95.5 Å². The van der Waals surface area contributed by atoms with Gasteiger partial charge in [0.05, 0.1) is 5.69 Å². The molecular weight excluding hydrogens is 210 g/mol. The molecular formula is C11H16ClN3. The number of hydrogen-bond acceptors (Lipinski definition) is 3. The summed E-state index contributed by atoms with van der Waals surface area (Å²) in [4.78, 5) is 2.26. The molecule has 0 radical (unpaired) electrons. The van der Waals surface area contributed by atoms with Crippen molar-refractivity contribution in [1.82, 2.24) is 10.2 Å². The van der Waals surface area contributed by atoms with E-state index in [2.05, 4.69) is 22.0 Å². The van der Waals surface area contributed by atoms with Gasteiger partial charge in [-0.15, -0.1) is 16.7 Å². The lowest BCUT2D eigenvalue weighted by Crippen LogP contribution is -2.26. The molecule has 3 nitrogen and oxygen atoms in total. The van der Waals surface area contributed by atoms with Crippen LogP contribution in [-0.4, -0.2) is 29.2 Å². The molecule has 15 heavy (non-hydrogen) atoms. The van der Waals surface area contributed by atoms with Crippen molar-refractivity contribution >= 4 is 17.4 Å². The van der Waals surface area contributed by atoms with Crippen LogP contribution in [0.1, 0.15) is 19.0 Å². The second-order valence-electron chi connectivity index (χ2n) is 4.65. The molecule has 1 fully saturated rings. The molecule has 1 unspecified atom stereocenters.